The third kappa shape index (κ3) is 3.80. The fourth-order valence-electron chi connectivity index (χ4n) is 2.15. The highest BCUT2D eigenvalue weighted by Crippen LogP contribution is 2.30. The first kappa shape index (κ1) is 15.9. The van der Waals surface area contributed by atoms with Crippen LogP contribution in [0.25, 0.3) is 0 Å². The first-order valence-electron chi connectivity index (χ1n) is 6.84. The number of pyridine rings is 1. The Hall–Kier alpha value is -1.46. The first-order valence-corrected chi connectivity index (χ1v) is 7.64. The fourth-order valence-corrected chi connectivity index (χ4v) is 2.54. The molecule has 0 radical (unpaired) electrons. The average molecular weight is 353 g/mol. The summed E-state index contributed by atoms with van der Waals surface area (Å²) in [5.41, 5.74) is 1.74. The molecule has 21 heavy (non-hydrogen) atoms. The van der Waals surface area contributed by atoms with Crippen LogP contribution in [0, 0.1) is 5.82 Å². The minimum atomic E-state index is -0.277. The van der Waals surface area contributed by atoms with Gasteiger partial charge >= 0.3 is 0 Å². The summed E-state index contributed by atoms with van der Waals surface area (Å²) in [5.74, 6) is 0.438. The SMILES string of the molecule is CCCNC(c1ccc(F)c(Br)c1)c1ncccc1OC. The molecule has 0 aliphatic carbocycles. The van der Waals surface area contributed by atoms with E-state index in [1.54, 1.807) is 25.4 Å². The Labute approximate surface area is 132 Å². The van der Waals surface area contributed by atoms with E-state index in [4.69, 9.17) is 4.74 Å². The van der Waals surface area contributed by atoms with Crippen LogP contribution < -0.4 is 10.1 Å². The molecule has 0 amide bonds. The number of hydrogen-bond donors (Lipinski definition) is 1. The predicted molar refractivity (Wildman–Crippen MR) is 85.0 cm³/mol. The number of nitrogens with zero attached hydrogens (tertiary/aromatic N) is 1. The smallest absolute Gasteiger partial charge is 0.142 e. The standard InChI is InChI=1S/C16H18BrFN2O/c1-3-8-19-15(11-6-7-13(18)12(17)10-11)16-14(21-2)5-4-9-20-16/h4-7,9-10,15,19H,3,8H2,1-2H3. The molecule has 0 spiro atoms. The summed E-state index contributed by atoms with van der Waals surface area (Å²) < 4.78 is 19.3. The zero-order valence-corrected chi connectivity index (χ0v) is 13.7. The number of halogens is 2. The quantitative estimate of drug-likeness (QED) is 0.850. The molecule has 0 aliphatic heterocycles. The van der Waals surface area contributed by atoms with Crippen molar-refractivity contribution in [2.75, 3.05) is 13.7 Å². The molecule has 2 aromatic rings. The van der Waals surface area contributed by atoms with Crippen molar-refractivity contribution in [1.82, 2.24) is 10.3 Å². The topological polar surface area (TPSA) is 34.2 Å². The lowest BCUT2D eigenvalue weighted by atomic mass is 10.0. The van der Waals surface area contributed by atoms with Gasteiger partial charge in [-0.15, -0.1) is 0 Å². The molecule has 0 saturated heterocycles. The molecular weight excluding hydrogens is 335 g/mol. The maximum Gasteiger partial charge on any atom is 0.142 e. The molecule has 2 rings (SSSR count). The van der Waals surface area contributed by atoms with Crippen LogP contribution in [0.4, 0.5) is 4.39 Å². The van der Waals surface area contributed by atoms with E-state index in [2.05, 4.69) is 33.2 Å². The van der Waals surface area contributed by atoms with E-state index in [9.17, 15) is 4.39 Å². The van der Waals surface area contributed by atoms with Gasteiger partial charge in [0.15, 0.2) is 0 Å². The molecule has 112 valence electrons. The molecule has 1 unspecified atom stereocenters. The number of rotatable bonds is 6. The normalized spacial score (nSPS) is 12.2. The van der Waals surface area contributed by atoms with E-state index in [1.165, 1.54) is 6.07 Å². The molecule has 1 N–H and O–H groups in total. The summed E-state index contributed by atoms with van der Waals surface area (Å²) in [4.78, 5) is 4.43. The summed E-state index contributed by atoms with van der Waals surface area (Å²) in [5, 5.41) is 3.44. The van der Waals surface area contributed by atoms with E-state index in [0.717, 1.165) is 24.2 Å². The second kappa shape index (κ2) is 7.52. The molecular formula is C16H18BrFN2O. The van der Waals surface area contributed by atoms with Crippen LogP contribution in [-0.4, -0.2) is 18.6 Å². The largest absolute Gasteiger partial charge is 0.495 e. The lowest BCUT2D eigenvalue weighted by Crippen LogP contribution is -2.24. The van der Waals surface area contributed by atoms with Crippen LogP contribution in [0.1, 0.15) is 30.6 Å². The molecule has 1 aromatic heterocycles. The van der Waals surface area contributed by atoms with Gasteiger partial charge in [0.2, 0.25) is 0 Å². The first-order chi connectivity index (χ1) is 10.2. The third-order valence-corrected chi connectivity index (χ3v) is 3.78. The van der Waals surface area contributed by atoms with Crippen molar-refractivity contribution in [2.24, 2.45) is 0 Å². The molecule has 1 aromatic carbocycles. The summed E-state index contributed by atoms with van der Waals surface area (Å²) in [6.07, 6.45) is 2.73. The number of aromatic nitrogens is 1. The Kier molecular flexibility index (Phi) is 5.70. The molecule has 0 aliphatic rings. The van der Waals surface area contributed by atoms with Gasteiger partial charge in [-0.3, -0.25) is 4.98 Å². The zero-order chi connectivity index (χ0) is 15.2. The van der Waals surface area contributed by atoms with Gasteiger partial charge < -0.3 is 10.1 Å². The average Bonchev–Trinajstić information content (AvgIpc) is 2.51. The minimum absolute atomic E-state index is 0.141. The van der Waals surface area contributed by atoms with Crippen molar-refractivity contribution in [3.8, 4) is 5.75 Å². The summed E-state index contributed by atoms with van der Waals surface area (Å²) in [7, 11) is 1.62. The van der Waals surface area contributed by atoms with Crippen LogP contribution in [0.3, 0.4) is 0 Å². The lowest BCUT2D eigenvalue weighted by molar-refractivity contribution is 0.399. The van der Waals surface area contributed by atoms with Gasteiger partial charge in [0.25, 0.3) is 0 Å². The van der Waals surface area contributed by atoms with E-state index in [0.29, 0.717) is 10.2 Å². The Morgan fingerprint density at radius 3 is 2.86 bits per heavy atom. The monoisotopic (exact) mass is 352 g/mol. The molecule has 0 bridgehead atoms. The Bertz CT molecular complexity index is 607. The Morgan fingerprint density at radius 1 is 1.38 bits per heavy atom. The zero-order valence-electron chi connectivity index (χ0n) is 12.1. The highest BCUT2D eigenvalue weighted by Gasteiger charge is 2.19. The molecule has 3 nitrogen and oxygen atoms in total. The van der Waals surface area contributed by atoms with Crippen LogP contribution in [0.15, 0.2) is 41.0 Å². The number of methoxy groups -OCH3 is 1. The molecule has 5 heteroatoms. The van der Waals surface area contributed by atoms with Crippen LogP contribution in [0.2, 0.25) is 0 Å². The van der Waals surface area contributed by atoms with Gasteiger partial charge in [-0.1, -0.05) is 13.0 Å². The van der Waals surface area contributed by atoms with Gasteiger partial charge in [0.1, 0.15) is 17.3 Å². The predicted octanol–water partition coefficient (Wildman–Crippen LogP) is 4.08. The van der Waals surface area contributed by atoms with Crippen molar-refractivity contribution in [3.05, 3.63) is 58.1 Å². The third-order valence-electron chi connectivity index (χ3n) is 3.17. The summed E-state index contributed by atoms with van der Waals surface area (Å²) >= 11 is 3.24. The lowest BCUT2D eigenvalue weighted by Gasteiger charge is -2.21. The molecule has 1 heterocycles. The highest BCUT2D eigenvalue weighted by molar-refractivity contribution is 9.10. The molecule has 0 fully saturated rings. The Morgan fingerprint density at radius 2 is 2.19 bits per heavy atom. The van der Waals surface area contributed by atoms with Crippen LogP contribution in [0.5, 0.6) is 5.75 Å². The van der Waals surface area contributed by atoms with Crippen molar-refractivity contribution in [3.63, 3.8) is 0 Å². The van der Waals surface area contributed by atoms with E-state index < -0.39 is 0 Å². The maximum absolute atomic E-state index is 13.5. The number of nitrogens with one attached hydrogen (secondary N) is 1. The van der Waals surface area contributed by atoms with Crippen molar-refractivity contribution >= 4 is 15.9 Å². The van der Waals surface area contributed by atoms with Crippen LogP contribution in [-0.2, 0) is 0 Å². The van der Waals surface area contributed by atoms with Crippen molar-refractivity contribution in [2.45, 2.75) is 19.4 Å². The number of benzene rings is 1. The summed E-state index contributed by atoms with van der Waals surface area (Å²) in [6.45, 7) is 2.93. The second-order valence-electron chi connectivity index (χ2n) is 4.65. The van der Waals surface area contributed by atoms with Crippen LogP contribution >= 0.6 is 15.9 Å². The minimum Gasteiger partial charge on any atom is -0.495 e. The second-order valence-corrected chi connectivity index (χ2v) is 5.51. The molecule has 1 atom stereocenters. The highest BCUT2D eigenvalue weighted by atomic mass is 79.9. The van der Waals surface area contributed by atoms with Gasteiger partial charge in [-0.2, -0.15) is 0 Å². The van der Waals surface area contributed by atoms with Gasteiger partial charge in [0, 0.05) is 6.20 Å². The number of hydrogen-bond acceptors (Lipinski definition) is 3. The van der Waals surface area contributed by atoms with Gasteiger partial charge in [-0.25, -0.2) is 4.39 Å². The van der Waals surface area contributed by atoms with Gasteiger partial charge in [0.05, 0.1) is 17.6 Å². The van der Waals surface area contributed by atoms with Crippen molar-refractivity contribution in [1.29, 1.82) is 0 Å². The van der Waals surface area contributed by atoms with E-state index in [1.807, 2.05) is 12.1 Å². The van der Waals surface area contributed by atoms with Crippen molar-refractivity contribution < 1.29 is 9.13 Å². The summed E-state index contributed by atoms with van der Waals surface area (Å²) in [6, 6.07) is 8.56. The Balaban J connectivity index is 2.44. The fraction of sp³-hybridized carbons (Fsp3) is 0.312. The van der Waals surface area contributed by atoms with E-state index in [-0.39, 0.29) is 11.9 Å². The number of ether oxygens (including phenoxy) is 1. The van der Waals surface area contributed by atoms with E-state index >= 15 is 0 Å². The molecule has 0 saturated carbocycles. The maximum atomic E-state index is 13.5. The van der Waals surface area contributed by atoms with Gasteiger partial charge in [-0.05, 0) is 58.7 Å².